The molecule has 0 fully saturated rings. The first kappa shape index (κ1) is 18.7. The van der Waals surface area contributed by atoms with Crippen molar-refractivity contribution in [1.82, 2.24) is 0 Å². The van der Waals surface area contributed by atoms with Gasteiger partial charge in [-0.1, -0.05) is 22.0 Å². The van der Waals surface area contributed by atoms with E-state index in [4.69, 9.17) is 9.47 Å². The summed E-state index contributed by atoms with van der Waals surface area (Å²) in [6, 6.07) is 10.4. The number of ether oxygens (including phenoxy) is 2. The lowest BCUT2D eigenvalue weighted by Gasteiger charge is -2.17. The number of benzene rings is 2. The molecule has 4 heteroatoms. The molecule has 0 unspecified atom stereocenters. The van der Waals surface area contributed by atoms with Crippen molar-refractivity contribution in [3.63, 3.8) is 0 Å². The van der Waals surface area contributed by atoms with Gasteiger partial charge in [0.15, 0.2) is 11.5 Å². The molecule has 0 aliphatic heterocycles. The summed E-state index contributed by atoms with van der Waals surface area (Å²) >= 11 is 3.65. The number of halogens is 1. The van der Waals surface area contributed by atoms with E-state index in [0.29, 0.717) is 13.2 Å². The monoisotopic (exact) mass is 391 g/mol. The summed E-state index contributed by atoms with van der Waals surface area (Å²) in [6.07, 6.45) is 0.107. The van der Waals surface area contributed by atoms with E-state index in [1.165, 1.54) is 11.1 Å². The average molecular weight is 392 g/mol. The Morgan fingerprint density at radius 3 is 2.42 bits per heavy atom. The summed E-state index contributed by atoms with van der Waals surface area (Å²) in [5.41, 5.74) is 4.84. The number of nitrogens with one attached hydrogen (secondary N) is 1. The zero-order valence-electron chi connectivity index (χ0n) is 15.1. The molecule has 0 amide bonds. The van der Waals surface area contributed by atoms with Crippen molar-refractivity contribution in [3.05, 3.63) is 51.5 Å². The topological polar surface area (TPSA) is 30.5 Å². The van der Waals surface area contributed by atoms with Crippen molar-refractivity contribution in [2.24, 2.45) is 0 Å². The lowest BCUT2D eigenvalue weighted by Crippen LogP contribution is -2.08. The normalized spacial score (nSPS) is 10.8. The lowest BCUT2D eigenvalue weighted by molar-refractivity contribution is 0.223. The van der Waals surface area contributed by atoms with E-state index < -0.39 is 0 Å². The van der Waals surface area contributed by atoms with Gasteiger partial charge in [-0.25, -0.2) is 0 Å². The van der Waals surface area contributed by atoms with Crippen LogP contribution in [0.2, 0.25) is 0 Å². The fourth-order valence-corrected chi connectivity index (χ4v) is 2.84. The van der Waals surface area contributed by atoms with Crippen molar-refractivity contribution in [3.8, 4) is 11.5 Å². The summed E-state index contributed by atoms with van der Waals surface area (Å²) in [7, 11) is 0. The summed E-state index contributed by atoms with van der Waals surface area (Å²) in [6.45, 7) is 11.6. The Morgan fingerprint density at radius 2 is 1.79 bits per heavy atom. The molecule has 130 valence electrons. The van der Waals surface area contributed by atoms with Gasteiger partial charge in [-0.2, -0.15) is 0 Å². The maximum Gasteiger partial charge on any atom is 0.162 e. The highest BCUT2D eigenvalue weighted by Crippen LogP contribution is 2.35. The van der Waals surface area contributed by atoms with Crippen molar-refractivity contribution in [1.29, 1.82) is 0 Å². The molecule has 0 heterocycles. The van der Waals surface area contributed by atoms with E-state index in [1.54, 1.807) is 0 Å². The Hall–Kier alpha value is -1.68. The minimum absolute atomic E-state index is 0.107. The first-order valence-corrected chi connectivity index (χ1v) is 9.13. The average Bonchev–Trinajstić information content (AvgIpc) is 2.51. The van der Waals surface area contributed by atoms with E-state index in [-0.39, 0.29) is 6.10 Å². The van der Waals surface area contributed by atoms with E-state index in [0.717, 1.165) is 27.2 Å². The summed E-state index contributed by atoms with van der Waals surface area (Å²) in [4.78, 5) is 0. The molecule has 0 atom stereocenters. The minimum Gasteiger partial charge on any atom is -0.490 e. The molecule has 0 aliphatic carbocycles. The van der Waals surface area contributed by atoms with Crippen LogP contribution in [0.4, 0.5) is 5.69 Å². The predicted molar refractivity (Wildman–Crippen MR) is 104 cm³/mol. The molecule has 0 aromatic heterocycles. The van der Waals surface area contributed by atoms with Crippen LogP contribution in [0.1, 0.15) is 37.5 Å². The van der Waals surface area contributed by atoms with Crippen LogP contribution in [0.3, 0.4) is 0 Å². The minimum atomic E-state index is 0.107. The van der Waals surface area contributed by atoms with Gasteiger partial charge in [0.25, 0.3) is 0 Å². The van der Waals surface area contributed by atoms with Crippen LogP contribution in [0.15, 0.2) is 34.8 Å². The van der Waals surface area contributed by atoms with Gasteiger partial charge in [0.1, 0.15) is 0 Å². The lowest BCUT2D eigenvalue weighted by atomic mass is 10.1. The Labute approximate surface area is 153 Å². The molecular formula is C20H26BrNO2. The van der Waals surface area contributed by atoms with Crippen molar-refractivity contribution >= 4 is 21.6 Å². The molecular weight excluding hydrogens is 366 g/mol. The van der Waals surface area contributed by atoms with E-state index >= 15 is 0 Å². The van der Waals surface area contributed by atoms with Gasteiger partial charge in [0.05, 0.1) is 12.7 Å². The molecule has 2 rings (SSSR count). The second-order valence-corrected chi connectivity index (χ2v) is 7.00. The maximum atomic E-state index is 5.85. The van der Waals surface area contributed by atoms with Crippen LogP contribution >= 0.6 is 15.9 Å². The molecule has 0 aliphatic rings. The highest BCUT2D eigenvalue weighted by molar-refractivity contribution is 9.10. The molecule has 3 nitrogen and oxygen atoms in total. The number of hydrogen-bond donors (Lipinski definition) is 1. The molecule has 0 saturated heterocycles. The second-order valence-electron chi connectivity index (χ2n) is 6.14. The molecule has 0 bridgehead atoms. The molecule has 2 aromatic carbocycles. The first-order valence-electron chi connectivity index (χ1n) is 8.33. The molecule has 0 saturated carbocycles. The SMILES string of the molecule is CCOc1cc(CNc2ccc(C)c(C)c2)c(Br)cc1OC(C)C. The van der Waals surface area contributed by atoms with Crippen molar-refractivity contribution in [2.75, 3.05) is 11.9 Å². The maximum absolute atomic E-state index is 5.85. The number of anilines is 1. The van der Waals surface area contributed by atoms with Gasteiger partial charge in [-0.15, -0.1) is 0 Å². The van der Waals surface area contributed by atoms with Gasteiger partial charge in [0.2, 0.25) is 0 Å². The van der Waals surface area contributed by atoms with Crippen LogP contribution in [0, 0.1) is 13.8 Å². The van der Waals surface area contributed by atoms with Crippen LogP contribution in [-0.4, -0.2) is 12.7 Å². The third kappa shape index (κ3) is 4.91. The largest absolute Gasteiger partial charge is 0.490 e. The zero-order chi connectivity index (χ0) is 17.7. The Morgan fingerprint density at radius 1 is 1.04 bits per heavy atom. The van der Waals surface area contributed by atoms with E-state index in [2.05, 4.69) is 53.3 Å². The summed E-state index contributed by atoms with van der Waals surface area (Å²) in [5.74, 6) is 1.56. The van der Waals surface area contributed by atoms with Crippen molar-refractivity contribution in [2.45, 2.75) is 47.3 Å². The van der Waals surface area contributed by atoms with Crippen LogP contribution in [0.5, 0.6) is 11.5 Å². The third-order valence-corrected chi connectivity index (χ3v) is 4.50. The molecule has 0 spiro atoms. The standard InChI is InChI=1S/C20H26BrNO2/c1-6-23-19-10-16(18(21)11-20(19)24-13(2)3)12-22-17-8-7-14(4)15(5)9-17/h7-11,13,22H,6,12H2,1-5H3. The molecule has 1 N–H and O–H groups in total. The van der Waals surface area contributed by atoms with Crippen LogP contribution in [0.25, 0.3) is 0 Å². The molecule has 24 heavy (non-hydrogen) atoms. The highest BCUT2D eigenvalue weighted by Gasteiger charge is 2.12. The van der Waals surface area contributed by atoms with Gasteiger partial charge in [-0.05, 0) is 75.6 Å². The number of aryl methyl sites for hydroxylation is 2. The fraction of sp³-hybridized carbons (Fsp3) is 0.400. The third-order valence-electron chi connectivity index (χ3n) is 3.77. The Bertz CT molecular complexity index is 698. The first-order chi connectivity index (χ1) is 11.4. The van der Waals surface area contributed by atoms with Crippen LogP contribution < -0.4 is 14.8 Å². The van der Waals surface area contributed by atoms with Gasteiger partial charge in [0, 0.05) is 16.7 Å². The van der Waals surface area contributed by atoms with Crippen LogP contribution in [-0.2, 0) is 6.54 Å². The summed E-state index contributed by atoms with van der Waals surface area (Å²) < 4.78 is 12.6. The Balaban J connectivity index is 2.19. The molecule has 2 aromatic rings. The summed E-state index contributed by atoms with van der Waals surface area (Å²) in [5, 5.41) is 3.47. The smallest absolute Gasteiger partial charge is 0.162 e. The highest BCUT2D eigenvalue weighted by atomic mass is 79.9. The van der Waals surface area contributed by atoms with E-state index in [9.17, 15) is 0 Å². The Kier molecular flexibility index (Phi) is 6.55. The quantitative estimate of drug-likeness (QED) is 0.640. The zero-order valence-corrected chi connectivity index (χ0v) is 16.7. The number of rotatable bonds is 7. The second kappa shape index (κ2) is 8.43. The van der Waals surface area contributed by atoms with E-state index in [1.807, 2.05) is 32.9 Å². The van der Waals surface area contributed by atoms with Gasteiger partial charge >= 0.3 is 0 Å². The van der Waals surface area contributed by atoms with Crippen molar-refractivity contribution < 1.29 is 9.47 Å². The number of hydrogen-bond acceptors (Lipinski definition) is 3. The molecule has 0 radical (unpaired) electrons. The fourth-order valence-electron chi connectivity index (χ4n) is 2.38. The van der Waals surface area contributed by atoms with Gasteiger partial charge in [-0.3, -0.25) is 0 Å². The predicted octanol–water partition coefficient (Wildman–Crippen LogP) is 5.86. The van der Waals surface area contributed by atoms with Gasteiger partial charge < -0.3 is 14.8 Å².